The molecular weight excluding hydrogens is 412 g/mol. The van der Waals surface area contributed by atoms with Crippen molar-refractivity contribution >= 4 is 33.0 Å². The number of aromatic nitrogens is 1. The number of pyridine rings is 1. The minimum absolute atomic E-state index is 0.0545. The first-order valence-corrected chi connectivity index (χ1v) is 10.8. The molecule has 0 spiro atoms. The fourth-order valence-corrected chi connectivity index (χ4v) is 4.34. The molecule has 0 aliphatic rings. The van der Waals surface area contributed by atoms with E-state index in [-0.39, 0.29) is 10.6 Å². The van der Waals surface area contributed by atoms with Crippen LogP contribution in [0.2, 0.25) is 5.02 Å². The average Bonchev–Trinajstić information content (AvgIpc) is 2.69. The Kier molecular flexibility index (Phi) is 6.32. The van der Waals surface area contributed by atoms with Gasteiger partial charge in [0.05, 0.1) is 27.5 Å². The van der Waals surface area contributed by atoms with Gasteiger partial charge in [0.15, 0.2) is 9.84 Å². The maximum absolute atomic E-state index is 12.5. The fraction of sp³-hybridized carbons (Fsp3) is 0.143. The average molecular weight is 431 g/mol. The van der Waals surface area contributed by atoms with Gasteiger partial charge >= 0.3 is 0 Å². The molecule has 1 heterocycles. The third-order valence-electron chi connectivity index (χ3n) is 4.10. The Morgan fingerprint density at radius 1 is 1.14 bits per heavy atom. The highest BCUT2D eigenvalue weighted by Gasteiger charge is 2.18. The standard InChI is InChI=1S/C21H19ClN2O4S/c1-14(25)13-29(27,28)17-8-5-15(6-9-17)21(26)24-16-7-10-19(22)18(12-16)20-4-2-3-11-23-20/h2-12,14,25H,13H2,1H3,(H,24,26)/t14-/m0/s1. The Hall–Kier alpha value is -2.74. The molecule has 0 aliphatic carbocycles. The summed E-state index contributed by atoms with van der Waals surface area (Å²) in [7, 11) is -3.61. The fourth-order valence-electron chi connectivity index (χ4n) is 2.75. The van der Waals surface area contributed by atoms with E-state index in [1.54, 1.807) is 30.5 Å². The quantitative estimate of drug-likeness (QED) is 0.619. The SMILES string of the molecule is C[C@H](O)CS(=O)(=O)c1ccc(C(=O)Nc2ccc(Cl)c(-c3ccccn3)c2)cc1. The van der Waals surface area contributed by atoms with Crippen LogP contribution in [0, 0.1) is 0 Å². The van der Waals surface area contributed by atoms with Crippen molar-refractivity contribution in [3.8, 4) is 11.3 Å². The van der Waals surface area contributed by atoms with Crippen molar-refractivity contribution in [1.29, 1.82) is 0 Å². The van der Waals surface area contributed by atoms with Crippen LogP contribution in [0.3, 0.4) is 0 Å². The van der Waals surface area contributed by atoms with E-state index >= 15 is 0 Å². The van der Waals surface area contributed by atoms with Gasteiger partial charge in [-0.25, -0.2) is 8.42 Å². The lowest BCUT2D eigenvalue weighted by Crippen LogP contribution is -2.18. The van der Waals surface area contributed by atoms with Gasteiger partial charge in [-0.05, 0) is 61.5 Å². The number of anilines is 1. The number of benzene rings is 2. The number of halogens is 1. The monoisotopic (exact) mass is 430 g/mol. The molecule has 3 rings (SSSR count). The predicted octanol–water partition coefficient (Wildman–Crippen LogP) is 3.81. The Morgan fingerprint density at radius 3 is 2.48 bits per heavy atom. The van der Waals surface area contributed by atoms with Crippen LogP contribution in [0.4, 0.5) is 5.69 Å². The van der Waals surface area contributed by atoms with Gasteiger partial charge in [-0.3, -0.25) is 9.78 Å². The van der Waals surface area contributed by atoms with Crippen LogP contribution in [-0.4, -0.2) is 36.3 Å². The largest absolute Gasteiger partial charge is 0.392 e. The number of carbonyl (C=O) groups excluding carboxylic acids is 1. The van der Waals surface area contributed by atoms with Gasteiger partial charge in [0.2, 0.25) is 0 Å². The van der Waals surface area contributed by atoms with Crippen molar-refractivity contribution in [2.75, 3.05) is 11.1 Å². The third kappa shape index (κ3) is 5.20. The number of aliphatic hydroxyl groups is 1. The molecule has 29 heavy (non-hydrogen) atoms. The summed E-state index contributed by atoms with van der Waals surface area (Å²) in [6.45, 7) is 1.41. The van der Waals surface area contributed by atoms with Crippen molar-refractivity contribution in [3.05, 3.63) is 77.4 Å². The van der Waals surface area contributed by atoms with Crippen LogP contribution < -0.4 is 5.32 Å². The number of amides is 1. The van der Waals surface area contributed by atoms with Crippen LogP contribution in [0.5, 0.6) is 0 Å². The maximum Gasteiger partial charge on any atom is 0.255 e. The van der Waals surface area contributed by atoms with Crippen LogP contribution in [0.25, 0.3) is 11.3 Å². The zero-order valence-corrected chi connectivity index (χ0v) is 17.1. The van der Waals surface area contributed by atoms with Gasteiger partial charge < -0.3 is 10.4 Å². The summed E-state index contributed by atoms with van der Waals surface area (Å²) < 4.78 is 24.3. The molecule has 0 saturated carbocycles. The Balaban J connectivity index is 1.79. The van der Waals surface area contributed by atoms with Gasteiger partial charge in [0, 0.05) is 23.0 Å². The van der Waals surface area contributed by atoms with Gasteiger partial charge in [-0.2, -0.15) is 0 Å². The molecule has 0 saturated heterocycles. The number of hydrogen-bond donors (Lipinski definition) is 2. The minimum Gasteiger partial charge on any atom is -0.392 e. The number of nitrogens with one attached hydrogen (secondary N) is 1. The molecule has 0 fully saturated rings. The van der Waals surface area contributed by atoms with Crippen LogP contribution in [0.1, 0.15) is 17.3 Å². The van der Waals surface area contributed by atoms with E-state index in [2.05, 4.69) is 10.3 Å². The second kappa shape index (κ2) is 8.73. The van der Waals surface area contributed by atoms with Gasteiger partial charge in [-0.15, -0.1) is 0 Å². The lowest BCUT2D eigenvalue weighted by molar-refractivity contribution is 0.102. The van der Waals surface area contributed by atoms with Gasteiger partial charge in [-0.1, -0.05) is 17.7 Å². The molecule has 8 heteroatoms. The highest BCUT2D eigenvalue weighted by atomic mass is 35.5. The van der Waals surface area contributed by atoms with E-state index in [0.29, 0.717) is 27.5 Å². The molecule has 150 valence electrons. The molecule has 2 aromatic carbocycles. The molecular formula is C21H19ClN2O4S. The van der Waals surface area contributed by atoms with Crippen molar-refractivity contribution in [1.82, 2.24) is 4.98 Å². The predicted molar refractivity (Wildman–Crippen MR) is 113 cm³/mol. The van der Waals surface area contributed by atoms with Crippen molar-refractivity contribution in [3.63, 3.8) is 0 Å². The van der Waals surface area contributed by atoms with E-state index in [4.69, 9.17) is 11.6 Å². The normalized spacial score (nSPS) is 12.4. The first-order valence-electron chi connectivity index (χ1n) is 8.79. The Morgan fingerprint density at radius 2 is 1.86 bits per heavy atom. The summed E-state index contributed by atoms with van der Waals surface area (Å²) in [5.74, 6) is -0.765. The molecule has 3 aromatic rings. The number of aliphatic hydroxyl groups excluding tert-OH is 1. The summed E-state index contributed by atoms with van der Waals surface area (Å²) in [5.41, 5.74) is 2.20. The molecule has 0 radical (unpaired) electrons. The summed E-state index contributed by atoms with van der Waals surface area (Å²) in [6.07, 6.45) is 0.686. The van der Waals surface area contributed by atoms with Crippen molar-refractivity contribution in [2.24, 2.45) is 0 Å². The molecule has 2 N–H and O–H groups in total. The Bertz CT molecular complexity index is 1120. The highest BCUT2D eigenvalue weighted by Crippen LogP contribution is 2.29. The number of nitrogens with zero attached hydrogens (tertiary/aromatic N) is 1. The zero-order chi connectivity index (χ0) is 21.0. The van der Waals surface area contributed by atoms with E-state index in [1.807, 2.05) is 12.1 Å². The molecule has 1 atom stereocenters. The van der Waals surface area contributed by atoms with Crippen LogP contribution >= 0.6 is 11.6 Å². The first-order chi connectivity index (χ1) is 13.8. The van der Waals surface area contributed by atoms with Gasteiger partial charge in [0.1, 0.15) is 0 Å². The maximum atomic E-state index is 12.5. The number of hydrogen-bond acceptors (Lipinski definition) is 5. The topological polar surface area (TPSA) is 96.4 Å². The molecule has 0 aliphatic heterocycles. The second-order valence-corrected chi connectivity index (χ2v) is 8.96. The lowest BCUT2D eigenvalue weighted by Gasteiger charge is -2.10. The second-order valence-electron chi connectivity index (χ2n) is 6.52. The number of sulfone groups is 1. The minimum atomic E-state index is -3.61. The Labute approximate surface area is 174 Å². The summed E-state index contributed by atoms with van der Waals surface area (Å²) in [6, 6.07) is 16.1. The molecule has 6 nitrogen and oxygen atoms in total. The smallest absolute Gasteiger partial charge is 0.255 e. The third-order valence-corrected chi connectivity index (χ3v) is 6.34. The lowest BCUT2D eigenvalue weighted by atomic mass is 10.1. The summed E-state index contributed by atoms with van der Waals surface area (Å²) in [4.78, 5) is 16.9. The van der Waals surface area contributed by atoms with E-state index in [9.17, 15) is 18.3 Å². The highest BCUT2D eigenvalue weighted by molar-refractivity contribution is 7.91. The van der Waals surface area contributed by atoms with E-state index in [1.165, 1.54) is 31.2 Å². The molecule has 0 bridgehead atoms. The van der Waals surface area contributed by atoms with Crippen LogP contribution in [-0.2, 0) is 9.84 Å². The van der Waals surface area contributed by atoms with Crippen molar-refractivity contribution < 1.29 is 18.3 Å². The van der Waals surface area contributed by atoms with E-state index in [0.717, 1.165) is 0 Å². The van der Waals surface area contributed by atoms with Crippen LogP contribution in [0.15, 0.2) is 71.8 Å². The summed E-state index contributed by atoms with van der Waals surface area (Å²) >= 11 is 6.25. The molecule has 0 unspecified atom stereocenters. The number of carbonyl (C=O) groups is 1. The first kappa shape index (κ1) is 21.0. The summed E-state index contributed by atoms with van der Waals surface area (Å²) in [5, 5.41) is 12.6. The van der Waals surface area contributed by atoms with Gasteiger partial charge in [0.25, 0.3) is 5.91 Å². The zero-order valence-electron chi connectivity index (χ0n) is 15.5. The molecule has 1 amide bonds. The van der Waals surface area contributed by atoms with Crippen molar-refractivity contribution in [2.45, 2.75) is 17.9 Å². The van der Waals surface area contributed by atoms with E-state index < -0.39 is 21.8 Å². The number of rotatable bonds is 6. The molecule has 1 aromatic heterocycles.